The Morgan fingerprint density at radius 1 is 0.215 bits per heavy atom. The van der Waals surface area contributed by atoms with Gasteiger partial charge in [-0.05, 0) is 195 Å². The van der Waals surface area contributed by atoms with Gasteiger partial charge in [-0.15, -0.1) is 0 Å². The number of para-hydroxylation sites is 2. The Kier molecular flexibility index (Phi) is 12.1. The second-order valence-corrected chi connectivity index (χ2v) is 21.0. The van der Waals surface area contributed by atoms with Gasteiger partial charge in [-0.2, -0.15) is 0 Å². The van der Waals surface area contributed by atoms with Crippen molar-refractivity contribution in [3.8, 4) is 44.5 Å². The van der Waals surface area contributed by atoms with Crippen LogP contribution < -0.4 is 9.80 Å². The summed E-state index contributed by atoms with van der Waals surface area (Å²) >= 11 is 0. The average molecular weight is 1010 g/mol. The van der Waals surface area contributed by atoms with E-state index in [1.54, 1.807) is 0 Å². The van der Waals surface area contributed by atoms with Gasteiger partial charge in [0.2, 0.25) is 0 Å². The largest absolute Gasteiger partial charge is 0.311 e. The van der Waals surface area contributed by atoms with Crippen LogP contribution in [0.2, 0.25) is 0 Å². The molecule has 0 saturated heterocycles. The summed E-state index contributed by atoms with van der Waals surface area (Å²) in [6.45, 7) is 4.59. The van der Waals surface area contributed by atoms with Gasteiger partial charge in [-0.3, -0.25) is 0 Å². The van der Waals surface area contributed by atoms with Gasteiger partial charge in [0, 0.05) is 34.1 Å². The minimum absolute atomic E-state index is 0.377. The van der Waals surface area contributed by atoms with Gasteiger partial charge in [-0.1, -0.05) is 226 Å². The SMILES string of the molecule is CC(C)c1ccc2c(-c3ccc(N(c4ccccc4)c4ccc(-c5cccc6ccccc56)cc4)cc3)cc3c4ccccc4c(-c4ccc(N(c5ccccc5)c5ccc(-c6cccc7ccccc67)cc5)cc4)cc3c2c1. The number of fused-ring (bicyclic) bond motifs is 7. The number of rotatable bonds is 11. The predicted octanol–water partition coefficient (Wildman–Crippen LogP) is 22.2. The second kappa shape index (κ2) is 20.2. The molecule has 0 atom stereocenters. The van der Waals surface area contributed by atoms with Crippen LogP contribution in [-0.4, -0.2) is 0 Å². The van der Waals surface area contributed by atoms with E-state index in [0.29, 0.717) is 5.92 Å². The quantitative estimate of drug-likeness (QED) is 0.119. The minimum Gasteiger partial charge on any atom is -0.311 e. The number of hydrogen-bond acceptors (Lipinski definition) is 2. The maximum atomic E-state index is 2.45. The average Bonchev–Trinajstić information content (AvgIpc) is 3.68. The first-order valence-electron chi connectivity index (χ1n) is 27.5. The van der Waals surface area contributed by atoms with Crippen molar-refractivity contribution in [2.75, 3.05) is 9.80 Å². The molecule has 0 unspecified atom stereocenters. The lowest BCUT2D eigenvalue weighted by atomic mass is 9.86. The molecule has 0 radical (unpaired) electrons. The van der Waals surface area contributed by atoms with E-state index in [4.69, 9.17) is 0 Å². The molecule has 0 fully saturated rings. The molecule has 374 valence electrons. The van der Waals surface area contributed by atoms with Gasteiger partial charge in [-0.25, -0.2) is 0 Å². The zero-order chi connectivity index (χ0) is 52.8. The van der Waals surface area contributed by atoms with Gasteiger partial charge in [0.05, 0.1) is 0 Å². The highest BCUT2D eigenvalue weighted by atomic mass is 15.1. The molecule has 0 aliphatic carbocycles. The molecule has 0 aliphatic heterocycles. The molecule has 0 N–H and O–H groups in total. The number of benzene rings is 14. The second-order valence-electron chi connectivity index (χ2n) is 21.0. The monoisotopic (exact) mass is 1010 g/mol. The van der Waals surface area contributed by atoms with Crippen LogP contribution in [0.4, 0.5) is 34.1 Å². The van der Waals surface area contributed by atoms with E-state index in [2.05, 4.69) is 321 Å². The lowest BCUT2D eigenvalue weighted by Gasteiger charge is -2.26. The molecule has 2 nitrogen and oxygen atoms in total. The standard InChI is InChI=1S/C77H56N2/c1-52(2)59-39-48-72-74(58-37-46-65(47-38-58)79(61-23-7-4-8-24-61)63-42-33-56(34-43-63)69-30-16-20-54-18-10-12-26-67(54)69)50-76-71-28-14-13-27-70(71)73(51-77(76)75(72)49-59)57-35-44-64(45-36-57)78(60-21-5-3-6-22-60)62-40-31-55(32-41-62)68-29-15-19-53-17-9-11-25-66(53)68/h3-52H,1-2H3. The molecule has 2 heteroatoms. The number of hydrogen-bond donors (Lipinski definition) is 0. The van der Waals surface area contributed by atoms with Gasteiger partial charge < -0.3 is 9.80 Å². The van der Waals surface area contributed by atoms with Crippen LogP contribution in [0.1, 0.15) is 25.3 Å². The normalized spacial score (nSPS) is 11.5. The van der Waals surface area contributed by atoms with Crippen LogP contribution in [0.15, 0.2) is 297 Å². The maximum Gasteiger partial charge on any atom is 0.0462 e. The Morgan fingerprint density at radius 2 is 0.532 bits per heavy atom. The first kappa shape index (κ1) is 47.4. The highest BCUT2D eigenvalue weighted by Gasteiger charge is 2.20. The fourth-order valence-corrected chi connectivity index (χ4v) is 12.0. The first-order chi connectivity index (χ1) is 39.0. The third-order valence-corrected chi connectivity index (χ3v) is 16.0. The summed E-state index contributed by atoms with van der Waals surface area (Å²) in [6.07, 6.45) is 0. The summed E-state index contributed by atoms with van der Waals surface area (Å²) < 4.78 is 0. The highest BCUT2D eigenvalue weighted by Crippen LogP contribution is 2.45. The van der Waals surface area contributed by atoms with Crippen molar-refractivity contribution in [3.63, 3.8) is 0 Å². The molecule has 0 aliphatic rings. The fraction of sp³-hybridized carbons (Fsp3) is 0.0390. The zero-order valence-electron chi connectivity index (χ0n) is 44.3. The van der Waals surface area contributed by atoms with Crippen LogP contribution >= 0.6 is 0 Å². The van der Waals surface area contributed by atoms with Crippen LogP contribution in [0.3, 0.4) is 0 Å². The topological polar surface area (TPSA) is 6.48 Å². The molecule has 79 heavy (non-hydrogen) atoms. The summed E-state index contributed by atoms with van der Waals surface area (Å²) in [5.41, 5.74) is 17.6. The Bertz CT molecular complexity index is 4510. The lowest BCUT2D eigenvalue weighted by Crippen LogP contribution is -2.09. The molecule has 14 aromatic rings. The molecular weight excluding hydrogens is 953 g/mol. The first-order valence-corrected chi connectivity index (χ1v) is 27.5. The smallest absolute Gasteiger partial charge is 0.0462 e. The van der Waals surface area contributed by atoms with Crippen molar-refractivity contribution in [2.45, 2.75) is 19.8 Å². The zero-order valence-corrected chi connectivity index (χ0v) is 44.3. The van der Waals surface area contributed by atoms with Crippen molar-refractivity contribution in [1.82, 2.24) is 0 Å². The minimum atomic E-state index is 0.377. The number of nitrogens with zero attached hydrogens (tertiary/aromatic N) is 2. The van der Waals surface area contributed by atoms with Crippen LogP contribution in [-0.2, 0) is 0 Å². The third-order valence-electron chi connectivity index (χ3n) is 16.0. The highest BCUT2D eigenvalue weighted by molar-refractivity contribution is 6.24. The molecule has 14 rings (SSSR count). The molecule has 0 heterocycles. The van der Waals surface area contributed by atoms with Crippen LogP contribution in [0, 0.1) is 0 Å². The van der Waals surface area contributed by atoms with E-state index in [1.165, 1.54) is 104 Å². The molecule has 0 spiro atoms. The Labute approximate surface area is 462 Å². The maximum absolute atomic E-state index is 2.45. The molecular formula is C77H56N2. The van der Waals surface area contributed by atoms with Crippen molar-refractivity contribution in [3.05, 3.63) is 303 Å². The summed E-state index contributed by atoms with van der Waals surface area (Å²) in [5.74, 6) is 0.377. The summed E-state index contributed by atoms with van der Waals surface area (Å²) in [6, 6.07) is 109. The summed E-state index contributed by atoms with van der Waals surface area (Å²) in [4.78, 5) is 4.71. The van der Waals surface area contributed by atoms with E-state index >= 15 is 0 Å². The van der Waals surface area contributed by atoms with E-state index < -0.39 is 0 Å². The van der Waals surface area contributed by atoms with Gasteiger partial charge >= 0.3 is 0 Å². The predicted molar refractivity (Wildman–Crippen MR) is 339 cm³/mol. The molecule has 0 aromatic heterocycles. The summed E-state index contributed by atoms with van der Waals surface area (Å²) in [5, 5.41) is 12.5. The third kappa shape index (κ3) is 8.74. The van der Waals surface area contributed by atoms with Gasteiger partial charge in [0.25, 0.3) is 0 Å². The van der Waals surface area contributed by atoms with Crippen molar-refractivity contribution < 1.29 is 0 Å². The summed E-state index contributed by atoms with van der Waals surface area (Å²) in [7, 11) is 0. The van der Waals surface area contributed by atoms with Gasteiger partial charge in [0.15, 0.2) is 0 Å². The lowest BCUT2D eigenvalue weighted by molar-refractivity contribution is 0.869. The molecule has 0 amide bonds. The molecule has 14 aromatic carbocycles. The Balaban J connectivity index is 0.843. The molecule has 0 saturated carbocycles. The van der Waals surface area contributed by atoms with E-state index in [-0.39, 0.29) is 0 Å². The Morgan fingerprint density at radius 3 is 0.962 bits per heavy atom. The van der Waals surface area contributed by atoms with Crippen molar-refractivity contribution >= 4 is 88.0 Å². The van der Waals surface area contributed by atoms with Crippen LogP contribution in [0.5, 0.6) is 0 Å². The fourth-order valence-electron chi connectivity index (χ4n) is 12.0. The number of anilines is 6. The van der Waals surface area contributed by atoms with Gasteiger partial charge in [0.1, 0.15) is 0 Å². The molecule has 0 bridgehead atoms. The van der Waals surface area contributed by atoms with Crippen LogP contribution in [0.25, 0.3) is 98.4 Å². The van der Waals surface area contributed by atoms with E-state index in [0.717, 1.165) is 34.1 Å². The van der Waals surface area contributed by atoms with E-state index in [9.17, 15) is 0 Å². The van der Waals surface area contributed by atoms with E-state index in [1.807, 2.05) is 0 Å². The van der Waals surface area contributed by atoms with Crippen molar-refractivity contribution in [2.24, 2.45) is 0 Å². The van der Waals surface area contributed by atoms with Crippen molar-refractivity contribution in [1.29, 1.82) is 0 Å². The Hall–Kier alpha value is -10.0.